The van der Waals surface area contributed by atoms with E-state index in [4.69, 9.17) is 0 Å². The van der Waals surface area contributed by atoms with Crippen LogP contribution in [-0.4, -0.2) is 56.8 Å². The number of hydrogen-bond donors (Lipinski definition) is 0. The van der Waals surface area contributed by atoms with Crippen molar-refractivity contribution in [2.75, 3.05) is 47.8 Å². The van der Waals surface area contributed by atoms with Crippen LogP contribution in [0, 0.1) is 0 Å². The molecular formula is C34H66Cl2N2. The fraction of sp³-hybridized carbons (Fsp3) is 0.765. The van der Waals surface area contributed by atoms with E-state index in [2.05, 4.69) is 78.9 Å². The predicted octanol–water partition coefficient (Wildman–Crippen LogP) is 3.80. The first-order chi connectivity index (χ1) is 17.3. The third-order valence-electron chi connectivity index (χ3n) is 7.31. The molecule has 0 aliphatic rings. The van der Waals surface area contributed by atoms with Crippen molar-refractivity contribution in [1.82, 2.24) is 0 Å². The van der Waals surface area contributed by atoms with Crippen LogP contribution in [0.25, 0.3) is 0 Å². The maximum atomic E-state index is 3.77. The molecule has 0 heterocycles. The van der Waals surface area contributed by atoms with E-state index in [0.717, 1.165) is 17.6 Å². The molecule has 0 atom stereocenters. The number of rotatable bonds is 22. The number of quaternary nitrogens is 2. The van der Waals surface area contributed by atoms with Gasteiger partial charge in [0.05, 0.1) is 47.8 Å². The van der Waals surface area contributed by atoms with E-state index in [1.54, 1.807) is 0 Å². The van der Waals surface area contributed by atoms with Crippen LogP contribution >= 0.6 is 0 Å². The molecule has 0 spiro atoms. The zero-order valence-electron chi connectivity index (χ0n) is 26.5. The summed E-state index contributed by atoms with van der Waals surface area (Å²) < 4.78 is 2.21. The first kappa shape index (κ1) is 41.9. The second-order valence-electron chi connectivity index (χ2n) is 12.4. The van der Waals surface area contributed by atoms with Gasteiger partial charge in [0.2, 0.25) is 0 Å². The van der Waals surface area contributed by atoms with Crippen molar-refractivity contribution < 1.29 is 33.8 Å². The minimum Gasteiger partial charge on any atom is -1.00 e. The van der Waals surface area contributed by atoms with Crippen molar-refractivity contribution in [3.05, 3.63) is 48.6 Å². The number of likely N-dealkylation sites (N-methyl/N-ethyl adjacent to an activating group) is 1. The summed E-state index contributed by atoms with van der Waals surface area (Å²) in [6.45, 7) is 13.2. The summed E-state index contributed by atoms with van der Waals surface area (Å²) in [5, 5.41) is 0. The van der Waals surface area contributed by atoms with Crippen LogP contribution in [-0.2, 0) is 6.54 Å². The van der Waals surface area contributed by atoms with Gasteiger partial charge in [0.15, 0.2) is 0 Å². The number of nitrogens with zero attached hydrogens (tertiary/aromatic N) is 2. The van der Waals surface area contributed by atoms with Crippen LogP contribution in [0.5, 0.6) is 0 Å². The Kier molecular flexibility index (Phi) is 30.9. The monoisotopic (exact) mass is 572 g/mol. The molecule has 0 aliphatic heterocycles. The molecule has 0 N–H and O–H groups in total. The maximum absolute atomic E-state index is 3.77. The molecule has 0 aliphatic carbocycles. The lowest BCUT2D eigenvalue weighted by Crippen LogP contribution is -3.00. The largest absolute Gasteiger partial charge is 1.00 e. The third kappa shape index (κ3) is 28.5. The minimum atomic E-state index is 0. The molecule has 2 nitrogen and oxygen atoms in total. The average Bonchev–Trinajstić information content (AvgIpc) is 2.83. The van der Waals surface area contributed by atoms with Gasteiger partial charge in [-0.15, -0.1) is 0 Å². The van der Waals surface area contributed by atoms with Gasteiger partial charge in [-0.25, -0.2) is 0 Å². The van der Waals surface area contributed by atoms with Crippen LogP contribution in [0.4, 0.5) is 0 Å². The molecule has 0 amide bonds. The van der Waals surface area contributed by atoms with Gasteiger partial charge in [0.25, 0.3) is 0 Å². The Morgan fingerprint density at radius 1 is 0.553 bits per heavy atom. The smallest absolute Gasteiger partial charge is 0.104 e. The number of benzene rings is 1. The standard InChI is InChI=1S/C22H48N.C12H18N.2ClH/c1-5-7-9-11-13-15-17-19-21-23(3,4)22-20-18-16-14-12-10-8-6-2;1-4-10-13(2,3)11-12-8-6-5-7-9-12;;/h5-22H2,1-4H3;4-9H,1,10-11H2,2-3H3;2*1H/q2*+1;;/p-2. The molecule has 0 saturated heterocycles. The number of halogens is 2. The van der Waals surface area contributed by atoms with Crippen LogP contribution in [0.2, 0.25) is 0 Å². The highest BCUT2D eigenvalue weighted by molar-refractivity contribution is 5.13. The molecule has 0 bridgehead atoms. The quantitative estimate of drug-likeness (QED) is 0.113. The Balaban J connectivity index is -0.000000695. The minimum absolute atomic E-state index is 0. The highest BCUT2D eigenvalue weighted by Gasteiger charge is 2.14. The Morgan fingerprint density at radius 2 is 0.921 bits per heavy atom. The van der Waals surface area contributed by atoms with Crippen molar-refractivity contribution in [2.45, 2.75) is 123 Å². The Bertz CT molecular complexity index is 580. The molecule has 1 aromatic rings. The summed E-state index contributed by atoms with van der Waals surface area (Å²) in [5.41, 5.74) is 1.38. The molecular weight excluding hydrogens is 507 g/mol. The summed E-state index contributed by atoms with van der Waals surface area (Å²) in [7, 11) is 9.30. The highest BCUT2D eigenvalue weighted by Crippen LogP contribution is 2.13. The summed E-state index contributed by atoms with van der Waals surface area (Å²) in [6.07, 6.45) is 25.0. The Morgan fingerprint density at radius 3 is 1.29 bits per heavy atom. The van der Waals surface area contributed by atoms with Gasteiger partial charge in [0.1, 0.15) is 6.54 Å². The number of hydrogen-bond acceptors (Lipinski definition) is 0. The molecule has 4 heteroatoms. The zero-order chi connectivity index (χ0) is 27.0. The zero-order valence-corrected chi connectivity index (χ0v) is 28.0. The second-order valence-corrected chi connectivity index (χ2v) is 12.4. The summed E-state index contributed by atoms with van der Waals surface area (Å²) >= 11 is 0. The van der Waals surface area contributed by atoms with E-state index in [1.165, 1.54) is 126 Å². The van der Waals surface area contributed by atoms with Gasteiger partial charge in [-0.05, 0) is 31.8 Å². The van der Waals surface area contributed by atoms with E-state index in [9.17, 15) is 0 Å². The molecule has 0 unspecified atom stereocenters. The fourth-order valence-electron chi connectivity index (χ4n) is 4.95. The van der Waals surface area contributed by atoms with Gasteiger partial charge in [-0.2, -0.15) is 0 Å². The van der Waals surface area contributed by atoms with Gasteiger partial charge < -0.3 is 33.8 Å². The summed E-state index contributed by atoms with van der Waals surface area (Å²) in [6, 6.07) is 10.6. The number of unbranched alkanes of at least 4 members (excludes halogenated alkanes) is 14. The Labute approximate surface area is 252 Å². The topological polar surface area (TPSA) is 0 Å². The highest BCUT2D eigenvalue weighted by atomic mass is 35.5. The van der Waals surface area contributed by atoms with Crippen molar-refractivity contribution in [2.24, 2.45) is 0 Å². The van der Waals surface area contributed by atoms with Crippen LogP contribution in [0.15, 0.2) is 43.0 Å². The van der Waals surface area contributed by atoms with Crippen molar-refractivity contribution in [3.8, 4) is 0 Å². The average molecular weight is 574 g/mol. The molecule has 0 saturated carbocycles. The van der Waals surface area contributed by atoms with Gasteiger partial charge >= 0.3 is 0 Å². The van der Waals surface area contributed by atoms with E-state index in [0.29, 0.717) is 0 Å². The van der Waals surface area contributed by atoms with Gasteiger partial charge in [-0.1, -0.05) is 128 Å². The van der Waals surface area contributed by atoms with E-state index in [-0.39, 0.29) is 24.8 Å². The normalized spacial score (nSPS) is 11.1. The SMILES string of the molecule is C=CC[N+](C)(C)Cc1ccccc1.CCCCCCCCCC[N+](C)(C)CCCCCCCCCC.[Cl-].[Cl-]. The lowest BCUT2D eigenvalue weighted by molar-refractivity contribution is -0.897. The summed E-state index contributed by atoms with van der Waals surface area (Å²) in [4.78, 5) is 0. The van der Waals surface area contributed by atoms with Crippen molar-refractivity contribution in [1.29, 1.82) is 0 Å². The van der Waals surface area contributed by atoms with Crippen molar-refractivity contribution in [3.63, 3.8) is 0 Å². The summed E-state index contributed by atoms with van der Waals surface area (Å²) in [5.74, 6) is 0. The van der Waals surface area contributed by atoms with Crippen LogP contribution < -0.4 is 24.8 Å². The maximum Gasteiger partial charge on any atom is 0.104 e. The molecule has 0 radical (unpaired) electrons. The molecule has 0 fully saturated rings. The van der Waals surface area contributed by atoms with Crippen LogP contribution in [0.3, 0.4) is 0 Å². The molecule has 1 rings (SSSR count). The lowest BCUT2D eigenvalue weighted by Gasteiger charge is -2.30. The predicted molar refractivity (Wildman–Crippen MR) is 164 cm³/mol. The Hall–Kier alpha value is -0.540. The van der Waals surface area contributed by atoms with Gasteiger partial charge in [0, 0.05) is 5.56 Å². The van der Waals surface area contributed by atoms with E-state index < -0.39 is 0 Å². The first-order valence-electron chi connectivity index (χ1n) is 15.5. The molecule has 226 valence electrons. The molecule has 1 aromatic carbocycles. The second kappa shape index (κ2) is 28.0. The van der Waals surface area contributed by atoms with E-state index >= 15 is 0 Å². The third-order valence-corrected chi connectivity index (χ3v) is 7.31. The fourth-order valence-corrected chi connectivity index (χ4v) is 4.95. The van der Waals surface area contributed by atoms with Crippen LogP contribution in [0.1, 0.15) is 122 Å². The van der Waals surface area contributed by atoms with E-state index in [1.807, 2.05) is 6.08 Å². The molecule has 0 aromatic heterocycles. The lowest BCUT2D eigenvalue weighted by atomic mass is 10.1. The van der Waals surface area contributed by atoms with Gasteiger partial charge in [-0.3, -0.25) is 0 Å². The van der Waals surface area contributed by atoms with Crippen molar-refractivity contribution >= 4 is 0 Å². The molecule has 38 heavy (non-hydrogen) atoms. The first-order valence-corrected chi connectivity index (χ1v) is 15.5.